The molecule has 0 fully saturated rings. The topological polar surface area (TPSA) is 73.8 Å². The van der Waals surface area contributed by atoms with Crippen LogP contribution in [0, 0.1) is 5.92 Å². The second-order valence-corrected chi connectivity index (χ2v) is 7.51. The summed E-state index contributed by atoms with van der Waals surface area (Å²) in [6.45, 7) is 5.40. The van der Waals surface area contributed by atoms with Crippen molar-refractivity contribution in [2.45, 2.75) is 26.8 Å². The summed E-state index contributed by atoms with van der Waals surface area (Å²) in [7, 11) is 3.09. The minimum atomic E-state index is -0.399. The van der Waals surface area contributed by atoms with Crippen molar-refractivity contribution in [3.63, 3.8) is 0 Å². The first-order chi connectivity index (χ1) is 12.8. The van der Waals surface area contributed by atoms with Crippen molar-refractivity contribution in [1.29, 1.82) is 0 Å². The van der Waals surface area contributed by atoms with Crippen molar-refractivity contribution < 1.29 is 0 Å². The standard InChI is InChI=1S/C19H24ClN5O2/c1-12(2)9-10-21-18-22-16-15(17(26)24(4)19(27)23(16)3)25(18)11-13-7-5-6-8-14(13)20/h5-8,12H,9-11H2,1-4H3,(H,21,22). The van der Waals surface area contributed by atoms with Gasteiger partial charge in [-0.05, 0) is 24.0 Å². The molecule has 0 unspecified atom stereocenters. The molecule has 2 aromatic heterocycles. The van der Waals surface area contributed by atoms with Gasteiger partial charge in [0.2, 0.25) is 5.95 Å². The predicted molar refractivity (Wildman–Crippen MR) is 109 cm³/mol. The summed E-state index contributed by atoms with van der Waals surface area (Å²) in [5.74, 6) is 1.10. The molecule has 0 spiro atoms. The van der Waals surface area contributed by atoms with E-state index in [1.807, 2.05) is 24.3 Å². The van der Waals surface area contributed by atoms with Crippen molar-refractivity contribution >= 4 is 28.7 Å². The quantitative estimate of drug-likeness (QED) is 0.703. The third-order valence-corrected chi connectivity index (χ3v) is 5.01. The summed E-state index contributed by atoms with van der Waals surface area (Å²) >= 11 is 6.33. The van der Waals surface area contributed by atoms with E-state index in [9.17, 15) is 9.59 Å². The van der Waals surface area contributed by atoms with Gasteiger partial charge in [0.1, 0.15) is 0 Å². The number of fused-ring (bicyclic) bond motifs is 1. The molecule has 0 saturated heterocycles. The molecule has 1 aromatic carbocycles. The number of halogens is 1. The largest absolute Gasteiger partial charge is 0.356 e. The summed E-state index contributed by atoms with van der Waals surface area (Å²) in [6.07, 6.45) is 0.965. The van der Waals surface area contributed by atoms with Crippen LogP contribution in [0.2, 0.25) is 5.02 Å². The molecular formula is C19H24ClN5O2. The number of hydrogen-bond donors (Lipinski definition) is 1. The summed E-state index contributed by atoms with van der Waals surface area (Å²) < 4.78 is 4.30. The molecule has 8 heteroatoms. The molecule has 0 aliphatic rings. The number of benzene rings is 1. The fourth-order valence-electron chi connectivity index (χ4n) is 3.01. The van der Waals surface area contributed by atoms with Crippen LogP contribution in [0.4, 0.5) is 5.95 Å². The maximum Gasteiger partial charge on any atom is 0.332 e. The van der Waals surface area contributed by atoms with E-state index in [1.165, 1.54) is 11.6 Å². The first-order valence-corrected chi connectivity index (χ1v) is 9.32. The van der Waals surface area contributed by atoms with E-state index in [0.29, 0.717) is 34.6 Å². The second-order valence-electron chi connectivity index (χ2n) is 7.10. The maximum absolute atomic E-state index is 12.8. The van der Waals surface area contributed by atoms with Gasteiger partial charge in [0.05, 0.1) is 6.54 Å². The maximum atomic E-state index is 12.8. The Morgan fingerprint density at radius 1 is 1.15 bits per heavy atom. The molecule has 3 rings (SSSR count). The Bertz CT molecular complexity index is 1090. The molecule has 0 aliphatic carbocycles. The van der Waals surface area contributed by atoms with Crippen LogP contribution in [-0.2, 0) is 20.6 Å². The van der Waals surface area contributed by atoms with Crippen molar-refractivity contribution in [3.05, 3.63) is 55.7 Å². The van der Waals surface area contributed by atoms with Crippen LogP contribution in [0.25, 0.3) is 11.2 Å². The van der Waals surface area contributed by atoms with Crippen molar-refractivity contribution in [2.75, 3.05) is 11.9 Å². The van der Waals surface area contributed by atoms with Gasteiger partial charge in [0, 0.05) is 25.7 Å². The van der Waals surface area contributed by atoms with Crippen molar-refractivity contribution in [1.82, 2.24) is 18.7 Å². The van der Waals surface area contributed by atoms with Crippen LogP contribution in [0.3, 0.4) is 0 Å². The average Bonchev–Trinajstić information content (AvgIpc) is 2.98. The van der Waals surface area contributed by atoms with E-state index in [0.717, 1.165) is 23.1 Å². The number of nitrogens with one attached hydrogen (secondary N) is 1. The van der Waals surface area contributed by atoms with E-state index in [-0.39, 0.29) is 5.56 Å². The fourth-order valence-corrected chi connectivity index (χ4v) is 3.20. The Morgan fingerprint density at radius 2 is 1.85 bits per heavy atom. The summed E-state index contributed by atoms with van der Waals surface area (Å²) in [4.78, 5) is 29.7. The molecule has 0 atom stereocenters. The molecular weight excluding hydrogens is 366 g/mol. The highest BCUT2D eigenvalue weighted by atomic mass is 35.5. The Balaban J connectivity index is 2.19. The average molecular weight is 390 g/mol. The minimum Gasteiger partial charge on any atom is -0.356 e. The lowest BCUT2D eigenvalue weighted by atomic mass is 10.1. The number of aromatic nitrogens is 4. The molecule has 144 valence electrons. The highest BCUT2D eigenvalue weighted by Crippen LogP contribution is 2.22. The first-order valence-electron chi connectivity index (χ1n) is 8.94. The van der Waals surface area contributed by atoms with Crippen LogP contribution >= 0.6 is 11.6 Å². The number of nitrogens with zero attached hydrogens (tertiary/aromatic N) is 4. The van der Waals surface area contributed by atoms with Crippen LogP contribution in [0.1, 0.15) is 25.8 Å². The van der Waals surface area contributed by atoms with Crippen LogP contribution in [0.15, 0.2) is 33.9 Å². The predicted octanol–water partition coefficient (Wildman–Crippen LogP) is 2.59. The Labute approximate surface area is 162 Å². The number of aryl methyl sites for hydroxylation is 1. The highest BCUT2D eigenvalue weighted by molar-refractivity contribution is 6.31. The van der Waals surface area contributed by atoms with E-state index in [4.69, 9.17) is 11.6 Å². The van der Waals surface area contributed by atoms with Crippen LogP contribution in [0.5, 0.6) is 0 Å². The van der Waals surface area contributed by atoms with Gasteiger partial charge >= 0.3 is 5.69 Å². The minimum absolute atomic E-state index is 0.363. The Kier molecular flexibility index (Phi) is 5.41. The molecule has 2 heterocycles. The number of anilines is 1. The molecule has 7 nitrogen and oxygen atoms in total. The van der Waals surface area contributed by atoms with Gasteiger partial charge in [-0.1, -0.05) is 43.6 Å². The van der Waals surface area contributed by atoms with Crippen molar-refractivity contribution in [3.8, 4) is 0 Å². The monoisotopic (exact) mass is 389 g/mol. The Hall–Kier alpha value is -2.54. The zero-order valence-electron chi connectivity index (χ0n) is 16.0. The molecule has 0 bridgehead atoms. The molecule has 27 heavy (non-hydrogen) atoms. The lowest BCUT2D eigenvalue weighted by Crippen LogP contribution is -2.37. The third-order valence-electron chi connectivity index (χ3n) is 4.64. The smallest absolute Gasteiger partial charge is 0.332 e. The summed E-state index contributed by atoms with van der Waals surface area (Å²) in [5, 5.41) is 3.93. The van der Waals surface area contributed by atoms with Crippen molar-refractivity contribution in [2.24, 2.45) is 20.0 Å². The van der Waals surface area contributed by atoms with Gasteiger partial charge in [-0.3, -0.25) is 18.5 Å². The third kappa shape index (κ3) is 3.64. The van der Waals surface area contributed by atoms with E-state index < -0.39 is 5.69 Å². The zero-order chi connectivity index (χ0) is 19.7. The molecule has 3 aromatic rings. The normalized spacial score (nSPS) is 11.5. The number of hydrogen-bond acceptors (Lipinski definition) is 4. The van der Waals surface area contributed by atoms with E-state index in [1.54, 1.807) is 11.6 Å². The lowest BCUT2D eigenvalue weighted by Gasteiger charge is -2.12. The first kappa shape index (κ1) is 19.2. The second kappa shape index (κ2) is 7.60. The number of rotatable bonds is 6. The summed E-state index contributed by atoms with van der Waals surface area (Å²) in [6, 6.07) is 7.50. The molecule has 0 aliphatic heterocycles. The summed E-state index contributed by atoms with van der Waals surface area (Å²) in [5.41, 5.74) is 0.850. The van der Waals surface area contributed by atoms with Gasteiger partial charge in [-0.25, -0.2) is 4.79 Å². The fraction of sp³-hybridized carbons (Fsp3) is 0.421. The SMILES string of the molecule is CC(C)CCNc1nc2c(c(=O)n(C)c(=O)n2C)n1Cc1ccccc1Cl. The molecule has 1 N–H and O–H groups in total. The van der Waals surface area contributed by atoms with Crippen LogP contribution in [-0.4, -0.2) is 25.2 Å². The highest BCUT2D eigenvalue weighted by Gasteiger charge is 2.19. The lowest BCUT2D eigenvalue weighted by molar-refractivity contribution is 0.604. The van der Waals surface area contributed by atoms with Gasteiger partial charge in [0.15, 0.2) is 11.2 Å². The number of imidazole rings is 1. The van der Waals surface area contributed by atoms with E-state index in [2.05, 4.69) is 24.1 Å². The molecule has 0 amide bonds. The Morgan fingerprint density at radius 3 is 2.52 bits per heavy atom. The van der Waals surface area contributed by atoms with Gasteiger partial charge in [-0.15, -0.1) is 0 Å². The van der Waals surface area contributed by atoms with Gasteiger partial charge in [0.25, 0.3) is 5.56 Å². The zero-order valence-corrected chi connectivity index (χ0v) is 16.7. The molecule has 0 saturated carbocycles. The van der Waals surface area contributed by atoms with E-state index >= 15 is 0 Å². The van der Waals surface area contributed by atoms with Crippen LogP contribution < -0.4 is 16.6 Å². The van der Waals surface area contributed by atoms with Gasteiger partial charge in [-0.2, -0.15) is 4.98 Å². The molecule has 0 radical (unpaired) electrons. The van der Waals surface area contributed by atoms with Gasteiger partial charge < -0.3 is 5.32 Å².